The number of carbonyl (C=O) groups is 1. The molecule has 2 aromatic rings. The highest BCUT2D eigenvalue weighted by molar-refractivity contribution is 7.98. The summed E-state index contributed by atoms with van der Waals surface area (Å²) in [6, 6.07) is 14.8. The maximum atomic E-state index is 12.3. The molecule has 0 bridgehead atoms. The minimum atomic E-state index is -3.49. The van der Waals surface area contributed by atoms with Crippen LogP contribution in [0.1, 0.15) is 44.4 Å². The van der Waals surface area contributed by atoms with Gasteiger partial charge in [0.1, 0.15) is 0 Å². The van der Waals surface area contributed by atoms with Crippen LogP contribution >= 0.6 is 11.8 Å². The highest BCUT2D eigenvalue weighted by Crippen LogP contribution is 2.19. The van der Waals surface area contributed by atoms with Crippen molar-refractivity contribution in [1.82, 2.24) is 10.0 Å². The van der Waals surface area contributed by atoms with Crippen LogP contribution in [0.4, 0.5) is 0 Å². The lowest BCUT2D eigenvalue weighted by molar-refractivity contribution is -0.121. The van der Waals surface area contributed by atoms with Crippen LogP contribution in [0, 0.1) is 5.92 Å². The summed E-state index contributed by atoms with van der Waals surface area (Å²) in [5, 5.41) is 3.02. The van der Waals surface area contributed by atoms with Crippen LogP contribution in [-0.4, -0.2) is 27.1 Å². The molecule has 0 aromatic heterocycles. The topological polar surface area (TPSA) is 75.3 Å². The first-order chi connectivity index (χ1) is 13.7. The zero-order valence-electron chi connectivity index (χ0n) is 17.4. The number of thioether (sulfide) groups is 1. The zero-order valence-corrected chi connectivity index (χ0v) is 19.1. The summed E-state index contributed by atoms with van der Waals surface area (Å²) >= 11 is 1.69. The quantitative estimate of drug-likeness (QED) is 0.551. The number of benzene rings is 2. The number of sulfonamides is 1. The molecule has 1 unspecified atom stereocenters. The van der Waals surface area contributed by atoms with Crippen LogP contribution in [0.15, 0.2) is 58.3 Å². The van der Waals surface area contributed by atoms with Gasteiger partial charge in [0.05, 0.1) is 10.9 Å². The van der Waals surface area contributed by atoms with Crippen LogP contribution in [0.25, 0.3) is 0 Å². The number of aryl methyl sites for hydroxylation is 1. The summed E-state index contributed by atoms with van der Waals surface area (Å²) in [5.74, 6) is 0.218. The number of hydrogen-bond donors (Lipinski definition) is 2. The van der Waals surface area contributed by atoms with Crippen molar-refractivity contribution in [3.8, 4) is 0 Å². The fourth-order valence-corrected chi connectivity index (χ4v) is 4.36. The number of hydrogen-bond acceptors (Lipinski definition) is 4. The summed E-state index contributed by atoms with van der Waals surface area (Å²) in [6.45, 7) is 6.28. The van der Waals surface area contributed by atoms with Crippen LogP contribution in [0.3, 0.4) is 0 Å². The highest BCUT2D eigenvalue weighted by Gasteiger charge is 2.14. The normalized spacial score (nSPS) is 12.7. The third-order valence-electron chi connectivity index (χ3n) is 4.55. The SMILES string of the molecule is CSc1ccc(C(C)NC(=O)CCc2ccc(S(=O)(=O)NCC(C)C)cc2)cc1. The molecule has 0 saturated carbocycles. The monoisotopic (exact) mass is 434 g/mol. The third-order valence-corrected chi connectivity index (χ3v) is 6.73. The summed E-state index contributed by atoms with van der Waals surface area (Å²) in [5.41, 5.74) is 2.00. The molecule has 0 fully saturated rings. The molecular formula is C22H30N2O3S2. The van der Waals surface area contributed by atoms with E-state index in [1.165, 1.54) is 4.90 Å². The summed E-state index contributed by atoms with van der Waals surface area (Å²) in [7, 11) is -3.49. The average Bonchev–Trinajstić information content (AvgIpc) is 2.71. The van der Waals surface area contributed by atoms with E-state index >= 15 is 0 Å². The highest BCUT2D eigenvalue weighted by atomic mass is 32.2. The lowest BCUT2D eigenvalue weighted by Crippen LogP contribution is -2.27. The van der Waals surface area contributed by atoms with E-state index in [-0.39, 0.29) is 22.8 Å². The molecule has 158 valence electrons. The van der Waals surface area contributed by atoms with Gasteiger partial charge in [-0.25, -0.2) is 13.1 Å². The van der Waals surface area contributed by atoms with Crippen LogP contribution < -0.4 is 10.0 Å². The van der Waals surface area contributed by atoms with Crippen molar-refractivity contribution in [3.63, 3.8) is 0 Å². The van der Waals surface area contributed by atoms with Gasteiger partial charge in [0, 0.05) is 17.9 Å². The van der Waals surface area contributed by atoms with E-state index in [4.69, 9.17) is 0 Å². The van der Waals surface area contributed by atoms with Gasteiger partial charge in [0.15, 0.2) is 0 Å². The van der Waals surface area contributed by atoms with E-state index < -0.39 is 10.0 Å². The van der Waals surface area contributed by atoms with Crippen molar-refractivity contribution in [3.05, 3.63) is 59.7 Å². The number of amides is 1. The molecule has 7 heteroatoms. The van der Waals surface area contributed by atoms with Crippen molar-refractivity contribution < 1.29 is 13.2 Å². The Bertz CT molecular complexity index is 893. The zero-order chi connectivity index (χ0) is 21.4. The van der Waals surface area contributed by atoms with Crippen LogP contribution in [-0.2, 0) is 21.2 Å². The molecule has 0 aliphatic rings. The van der Waals surface area contributed by atoms with Crippen LogP contribution in [0.5, 0.6) is 0 Å². The first-order valence-electron chi connectivity index (χ1n) is 9.73. The number of nitrogens with one attached hydrogen (secondary N) is 2. The Morgan fingerprint density at radius 1 is 1.00 bits per heavy atom. The van der Waals surface area contributed by atoms with E-state index in [1.807, 2.05) is 51.3 Å². The predicted molar refractivity (Wildman–Crippen MR) is 120 cm³/mol. The fraction of sp³-hybridized carbons (Fsp3) is 0.409. The molecule has 29 heavy (non-hydrogen) atoms. The van der Waals surface area contributed by atoms with Crippen molar-refractivity contribution in [1.29, 1.82) is 0 Å². The van der Waals surface area contributed by atoms with Gasteiger partial charge < -0.3 is 5.32 Å². The standard InChI is InChI=1S/C22H30N2O3S2/c1-16(2)15-23-29(26,27)21-12-5-18(6-13-21)7-14-22(25)24-17(3)19-8-10-20(28-4)11-9-19/h5-6,8-13,16-17,23H,7,14-15H2,1-4H3,(H,24,25). The Hall–Kier alpha value is -1.83. The van der Waals surface area contributed by atoms with Crippen molar-refractivity contribution in [2.75, 3.05) is 12.8 Å². The molecular weight excluding hydrogens is 404 g/mol. The Labute approximate surface area is 178 Å². The third kappa shape index (κ3) is 7.49. The Morgan fingerprint density at radius 2 is 1.62 bits per heavy atom. The maximum absolute atomic E-state index is 12.3. The van der Waals surface area contributed by atoms with Gasteiger partial charge in [-0.3, -0.25) is 4.79 Å². The number of carbonyl (C=O) groups excluding carboxylic acids is 1. The Kier molecular flexibility index (Phi) is 8.74. The lowest BCUT2D eigenvalue weighted by atomic mass is 10.1. The van der Waals surface area contributed by atoms with E-state index in [1.54, 1.807) is 36.0 Å². The average molecular weight is 435 g/mol. The van der Waals surface area contributed by atoms with E-state index in [9.17, 15) is 13.2 Å². The van der Waals surface area contributed by atoms with Gasteiger partial charge in [-0.05, 0) is 60.9 Å². The largest absolute Gasteiger partial charge is 0.350 e. The summed E-state index contributed by atoms with van der Waals surface area (Å²) in [4.78, 5) is 13.7. The second kappa shape index (κ2) is 10.8. The van der Waals surface area contributed by atoms with E-state index in [2.05, 4.69) is 10.0 Å². The molecule has 0 aliphatic heterocycles. The molecule has 2 aromatic carbocycles. The minimum absolute atomic E-state index is 0.0262. The molecule has 0 radical (unpaired) electrons. The van der Waals surface area contributed by atoms with Crippen molar-refractivity contribution in [2.24, 2.45) is 5.92 Å². The molecule has 2 N–H and O–H groups in total. The first kappa shape index (κ1) is 23.4. The smallest absolute Gasteiger partial charge is 0.240 e. The molecule has 1 amide bonds. The minimum Gasteiger partial charge on any atom is -0.350 e. The second-order valence-electron chi connectivity index (χ2n) is 7.45. The second-order valence-corrected chi connectivity index (χ2v) is 10.1. The molecule has 5 nitrogen and oxygen atoms in total. The van der Waals surface area contributed by atoms with Gasteiger partial charge in [-0.15, -0.1) is 11.8 Å². The fourth-order valence-electron chi connectivity index (χ4n) is 2.74. The summed E-state index contributed by atoms with van der Waals surface area (Å²) in [6.07, 6.45) is 2.94. The van der Waals surface area contributed by atoms with E-state index in [0.29, 0.717) is 19.4 Å². The molecule has 0 aliphatic carbocycles. The van der Waals surface area contributed by atoms with Gasteiger partial charge >= 0.3 is 0 Å². The van der Waals surface area contributed by atoms with Gasteiger partial charge in [-0.2, -0.15) is 0 Å². The lowest BCUT2D eigenvalue weighted by Gasteiger charge is -2.15. The Morgan fingerprint density at radius 3 is 2.17 bits per heavy atom. The molecule has 2 rings (SSSR count). The Balaban J connectivity index is 1.86. The van der Waals surface area contributed by atoms with Gasteiger partial charge in [-0.1, -0.05) is 38.1 Å². The molecule has 0 heterocycles. The summed E-state index contributed by atoms with van der Waals surface area (Å²) < 4.78 is 27.1. The molecule has 0 saturated heterocycles. The number of rotatable bonds is 10. The first-order valence-corrected chi connectivity index (χ1v) is 12.4. The predicted octanol–water partition coefficient (Wildman–Crippen LogP) is 4.15. The maximum Gasteiger partial charge on any atom is 0.240 e. The van der Waals surface area contributed by atoms with Crippen LogP contribution in [0.2, 0.25) is 0 Å². The van der Waals surface area contributed by atoms with Gasteiger partial charge in [0.2, 0.25) is 15.9 Å². The van der Waals surface area contributed by atoms with Crippen molar-refractivity contribution >= 4 is 27.7 Å². The van der Waals surface area contributed by atoms with Gasteiger partial charge in [0.25, 0.3) is 0 Å². The van der Waals surface area contributed by atoms with E-state index in [0.717, 1.165) is 11.1 Å². The van der Waals surface area contributed by atoms with Crippen molar-refractivity contribution in [2.45, 2.75) is 49.4 Å². The molecule has 0 spiro atoms. The molecule has 1 atom stereocenters.